The van der Waals surface area contributed by atoms with Crippen molar-refractivity contribution in [1.82, 2.24) is 0 Å². The van der Waals surface area contributed by atoms with E-state index in [0.717, 1.165) is 0 Å². The molecule has 33 heavy (non-hydrogen) atoms. The van der Waals surface area contributed by atoms with Gasteiger partial charge >= 0.3 is 0 Å². The molecule has 182 valence electrons. The second-order valence-corrected chi connectivity index (χ2v) is 11.7. The van der Waals surface area contributed by atoms with Crippen LogP contribution in [0.3, 0.4) is 0 Å². The summed E-state index contributed by atoms with van der Waals surface area (Å²) in [5.41, 5.74) is 0. The van der Waals surface area contributed by atoms with Gasteiger partial charge in [0.2, 0.25) is 0 Å². The van der Waals surface area contributed by atoms with Crippen LogP contribution in [0.15, 0.2) is 121 Å². The van der Waals surface area contributed by atoms with Crippen molar-refractivity contribution >= 4 is 37.1 Å². The molecule has 0 fully saturated rings. The van der Waals surface area contributed by atoms with Gasteiger partial charge < -0.3 is 24.8 Å². The first kappa shape index (κ1) is 32.8. The molecule has 0 aliphatic carbocycles. The molecule has 0 amide bonds. The van der Waals surface area contributed by atoms with Gasteiger partial charge in [-0.2, -0.15) is 0 Å². The summed E-state index contributed by atoms with van der Waals surface area (Å²) in [5, 5.41) is 5.94. The smallest absolute Gasteiger partial charge is 0 e. The van der Waals surface area contributed by atoms with Crippen LogP contribution in [0.2, 0.25) is 0 Å². The van der Waals surface area contributed by atoms with Crippen molar-refractivity contribution in [3.8, 4) is 0 Å². The van der Waals surface area contributed by atoms with E-state index >= 15 is 0 Å². The molecule has 2 radical (unpaired) electrons. The number of hydrogen-bond acceptors (Lipinski definition) is 0. The maximum Gasteiger partial charge on any atom is 0 e. The van der Waals surface area contributed by atoms with Gasteiger partial charge in [0.15, 0.2) is 0 Å². The number of benzene rings is 4. The molecule has 0 N–H and O–H groups in total. The fraction of sp³-hybridized carbons (Fsp3) is 0.111. The van der Waals surface area contributed by atoms with E-state index in [1.54, 1.807) is 0 Å². The fourth-order valence-corrected chi connectivity index (χ4v) is 8.59. The van der Waals surface area contributed by atoms with Crippen LogP contribution in [0, 0.1) is 0 Å². The van der Waals surface area contributed by atoms with Gasteiger partial charge in [0.1, 0.15) is 0 Å². The Hall–Kier alpha value is -0.199. The average molecular weight is 877 g/mol. The number of hydrogen-bond donors (Lipinski definition) is 0. The molecule has 0 aliphatic rings. The largest absolute Gasteiger partial charge is 1.00 e. The number of rotatable bonds is 8. The van der Waals surface area contributed by atoms with Crippen LogP contribution < -0.4 is 46.0 Å². The Morgan fingerprint density at radius 3 is 0.788 bits per heavy atom. The van der Waals surface area contributed by atoms with Gasteiger partial charge in [-0.15, -0.1) is 0 Å². The van der Waals surface area contributed by atoms with Gasteiger partial charge in [-0.05, 0) is 55.8 Å². The third kappa shape index (κ3) is 9.76. The Kier molecular flexibility index (Phi) is 18.0. The first-order valence-corrected chi connectivity index (χ1v) is 13.2. The molecular formula is C27H26Au2Cl2P2-2. The van der Waals surface area contributed by atoms with Crippen LogP contribution in [0.25, 0.3) is 0 Å². The minimum atomic E-state index is -0.309. The van der Waals surface area contributed by atoms with Gasteiger partial charge in [-0.1, -0.05) is 121 Å². The average Bonchev–Trinajstić information content (AvgIpc) is 2.81. The molecule has 4 aromatic carbocycles. The molecule has 0 unspecified atom stereocenters. The molecule has 0 heterocycles. The minimum absolute atomic E-state index is 0. The molecule has 0 saturated heterocycles. The van der Waals surface area contributed by atoms with E-state index in [-0.39, 0.29) is 85.4 Å². The van der Waals surface area contributed by atoms with Crippen molar-refractivity contribution in [3.05, 3.63) is 121 Å². The second kappa shape index (κ2) is 18.1. The predicted octanol–water partition coefficient (Wildman–Crippen LogP) is -0.355. The van der Waals surface area contributed by atoms with E-state index < -0.39 is 0 Å². The summed E-state index contributed by atoms with van der Waals surface area (Å²) < 4.78 is 0. The Bertz CT molecular complexity index is 830. The SMILES string of the molecule is [Au].[Au].[Cl-].[Cl-].c1ccc(P(CCCP(c2ccccc2)c2ccccc2)c2ccccc2)cc1. The standard InChI is InChI=1S/C27H26P2.2Au.2ClH/c1-5-14-24(15-6-1)28(25-16-7-2-8-17-25)22-13-23-29(26-18-9-3-10-19-26)27-20-11-4-12-21-27;;;;/h1-12,14-21H,13,22-23H2;;;2*1H/p-2. The quantitative estimate of drug-likeness (QED) is 0.168. The summed E-state index contributed by atoms with van der Waals surface area (Å²) in [7, 11) is -0.618. The molecule has 6 heteroatoms. The van der Waals surface area contributed by atoms with Gasteiger partial charge in [0, 0.05) is 44.8 Å². The molecule has 0 aliphatic heterocycles. The Morgan fingerprint density at radius 1 is 0.364 bits per heavy atom. The van der Waals surface area contributed by atoms with E-state index in [1.165, 1.54) is 40.0 Å². The van der Waals surface area contributed by atoms with E-state index in [9.17, 15) is 0 Å². The van der Waals surface area contributed by atoms with E-state index in [0.29, 0.717) is 0 Å². The normalized spacial score (nSPS) is 9.76. The molecule has 0 saturated carbocycles. The molecule has 0 spiro atoms. The summed E-state index contributed by atoms with van der Waals surface area (Å²) in [5.74, 6) is 0. The molecule has 0 nitrogen and oxygen atoms in total. The summed E-state index contributed by atoms with van der Waals surface area (Å²) in [6.07, 6.45) is 3.72. The molecule has 0 bridgehead atoms. The van der Waals surface area contributed by atoms with Crippen molar-refractivity contribution in [1.29, 1.82) is 0 Å². The zero-order valence-electron chi connectivity index (χ0n) is 17.9. The zero-order chi connectivity index (χ0) is 19.7. The first-order valence-electron chi connectivity index (χ1n) is 10.2. The van der Waals surface area contributed by atoms with Crippen LogP contribution in [-0.2, 0) is 44.8 Å². The summed E-state index contributed by atoms with van der Waals surface area (Å²) in [4.78, 5) is 0. The molecule has 0 aromatic heterocycles. The van der Waals surface area contributed by atoms with E-state index in [2.05, 4.69) is 121 Å². The molecule has 0 atom stereocenters. The monoisotopic (exact) mass is 876 g/mol. The van der Waals surface area contributed by atoms with Gasteiger partial charge in [-0.3, -0.25) is 0 Å². The third-order valence-corrected chi connectivity index (χ3v) is 10.2. The molecular weight excluding hydrogens is 851 g/mol. The van der Waals surface area contributed by atoms with Crippen LogP contribution in [0.4, 0.5) is 0 Å². The van der Waals surface area contributed by atoms with E-state index in [4.69, 9.17) is 0 Å². The third-order valence-electron chi connectivity index (χ3n) is 5.03. The Morgan fingerprint density at radius 2 is 0.576 bits per heavy atom. The molecule has 4 aromatic rings. The fourth-order valence-electron chi connectivity index (χ4n) is 3.63. The zero-order valence-corrected chi connectivity index (χ0v) is 25.6. The Labute approximate surface area is 244 Å². The maximum atomic E-state index is 2.30. The summed E-state index contributed by atoms with van der Waals surface area (Å²) >= 11 is 0. The van der Waals surface area contributed by atoms with Crippen LogP contribution in [0.5, 0.6) is 0 Å². The van der Waals surface area contributed by atoms with Crippen molar-refractivity contribution in [3.63, 3.8) is 0 Å². The van der Waals surface area contributed by atoms with Gasteiger partial charge in [0.05, 0.1) is 0 Å². The number of halogens is 2. The van der Waals surface area contributed by atoms with Crippen LogP contribution in [0.1, 0.15) is 6.42 Å². The van der Waals surface area contributed by atoms with Crippen molar-refractivity contribution in [2.75, 3.05) is 12.3 Å². The molecule has 4 rings (SSSR count). The first-order chi connectivity index (χ1) is 14.4. The minimum Gasteiger partial charge on any atom is -1.00 e. The second-order valence-electron chi connectivity index (χ2n) is 7.00. The summed E-state index contributed by atoms with van der Waals surface area (Å²) in [6, 6.07) is 44.3. The van der Waals surface area contributed by atoms with Crippen molar-refractivity contribution in [2.45, 2.75) is 6.42 Å². The topological polar surface area (TPSA) is 0 Å². The van der Waals surface area contributed by atoms with Gasteiger partial charge in [-0.25, -0.2) is 0 Å². The van der Waals surface area contributed by atoms with Gasteiger partial charge in [0.25, 0.3) is 0 Å². The predicted molar refractivity (Wildman–Crippen MR) is 132 cm³/mol. The maximum absolute atomic E-state index is 2.30. The van der Waals surface area contributed by atoms with Crippen LogP contribution in [-0.4, -0.2) is 12.3 Å². The van der Waals surface area contributed by atoms with E-state index in [1.807, 2.05) is 0 Å². The summed E-state index contributed by atoms with van der Waals surface area (Å²) in [6.45, 7) is 0. The van der Waals surface area contributed by atoms with Crippen molar-refractivity contribution in [2.24, 2.45) is 0 Å². The van der Waals surface area contributed by atoms with Crippen molar-refractivity contribution < 1.29 is 69.6 Å². The van der Waals surface area contributed by atoms with Crippen LogP contribution >= 0.6 is 15.8 Å². The Balaban J connectivity index is 0.00000256.